The molecule has 0 radical (unpaired) electrons. The van der Waals surface area contributed by atoms with Crippen LogP contribution in [0, 0.1) is 6.92 Å². The molecule has 2 aromatic carbocycles. The molecule has 3 aromatic rings. The normalized spacial score (nSPS) is 11.1. The van der Waals surface area contributed by atoms with Crippen LogP contribution < -0.4 is 5.32 Å². The van der Waals surface area contributed by atoms with E-state index in [2.05, 4.69) is 64.7 Å². The smallest absolute Gasteiger partial charge is 0.138 e. The number of aromatic amines is 1. The molecule has 20 heavy (non-hydrogen) atoms. The van der Waals surface area contributed by atoms with E-state index in [1.807, 2.05) is 7.05 Å². The van der Waals surface area contributed by atoms with Gasteiger partial charge in [0, 0.05) is 5.56 Å². The predicted molar refractivity (Wildman–Crippen MR) is 83.9 cm³/mol. The first-order valence-corrected chi connectivity index (χ1v) is 6.96. The zero-order valence-electron chi connectivity index (χ0n) is 11.9. The van der Waals surface area contributed by atoms with Gasteiger partial charge < -0.3 is 10.3 Å². The van der Waals surface area contributed by atoms with Gasteiger partial charge in [0.15, 0.2) is 0 Å². The lowest BCUT2D eigenvalue weighted by Crippen LogP contribution is -2.10. The Balaban J connectivity index is 1.98. The Bertz CT molecular complexity index is 728. The molecule has 0 saturated carbocycles. The first-order valence-electron chi connectivity index (χ1n) is 6.96. The van der Waals surface area contributed by atoms with Gasteiger partial charge in [-0.25, -0.2) is 4.98 Å². The molecule has 2 N–H and O–H groups in total. The van der Waals surface area contributed by atoms with Gasteiger partial charge in [0.25, 0.3) is 0 Å². The van der Waals surface area contributed by atoms with Crippen LogP contribution in [0.1, 0.15) is 11.1 Å². The Labute approximate surface area is 119 Å². The summed E-state index contributed by atoms with van der Waals surface area (Å²) in [5, 5.41) is 3.18. The van der Waals surface area contributed by atoms with E-state index in [9.17, 15) is 0 Å². The molecular formula is C17H19N3. The van der Waals surface area contributed by atoms with Crippen molar-refractivity contribution in [2.24, 2.45) is 0 Å². The second kappa shape index (κ2) is 5.47. The number of aromatic nitrogens is 2. The summed E-state index contributed by atoms with van der Waals surface area (Å²) < 4.78 is 0. The highest BCUT2D eigenvalue weighted by Gasteiger charge is 2.06. The maximum Gasteiger partial charge on any atom is 0.138 e. The zero-order valence-corrected chi connectivity index (χ0v) is 11.9. The highest BCUT2D eigenvalue weighted by molar-refractivity contribution is 5.80. The molecule has 102 valence electrons. The number of H-pyrrole nitrogens is 1. The van der Waals surface area contributed by atoms with Gasteiger partial charge in [-0.15, -0.1) is 0 Å². The molecule has 0 fully saturated rings. The van der Waals surface area contributed by atoms with E-state index >= 15 is 0 Å². The molecule has 0 amide bonds. The van der Waals surface area contributed by atoms with Gasteiger partial charge in [0.05, 0.1) is 11.0 Å². The van der Waals surface area contributed by atoms with Crippen LogP contribution >= 0.6 is 0 Å². The van der Waals surface area contributed by atoms with Crippen LogP contribution in [0.2, 0.25) is 0 Å². The van der Waals surface area contributed by atoms with E-state index in [0.717, 1.165) is 35.4 Å². The molecule has 3 heteroatoms. The Morgan fingerprint density at radius 2 is 2.05 bits per heavy atom. The summed E-state index contributed by atoms with van der Waals surface area (Å²) in [6, 6.07) is 14.8. The average Bonchev–Trinajstić information content (AvgIpc) is 2.88. The molecule has 3 nitrogen and oxygen atoms in total. The maximum absolute atomic E-state index is 4.67. The van der Waals surface area contributed by atoms with E-state index in [4.69, 9.17) is 0 Å². The second-order valence-electron chi connectivity index (χ2n) is 5.16. The van der Waals surface area contributed by atoms with Gasteiger partial charge in [-0.2, -0.15) is 0 Å². The summed E-state index contributed by atoms with van der Waals surface area (Å²) in [4.78, 5) is 8.10. The number of nitrogens with zero attached hydrogens (tertiary/aromatic N) is 1. The van der Waals surface area contributed by atoms with Crippen LogP contribution in [0.3, 0.4) is 0 Å². The van der Waals surface area contributed by atoms with Crippen molar-refractivity contribution < 1.29 is 0 Å². The molecule has 0 unspecified atom stereocenters. The van der Waals surface area contributed by atoms with Gasteiger partial charge in [-0.1, -0.05) is 29.8 Å². The highest BCUT2D eigenvalue weighted by atomic mass is 14.9. The van der Waals surface area contributed by atoms with Crippen LogP contribution in [0.25, 0.3) is 22.4 Å². The lowest BCUT2D eigenvalue weighted by Gasteiger charge is -1.99. The topological polar surface area (TPSA) is 40.7 Å². The summed E-state index contributed by atoms with van der Waals surface area (Å²) in [6.45, 7) is 3.09. The summed E-state index contributed by atoms with van der Waals surface area (Å²) in [5.74, 6) is 0.939. The van der Waals surface area contributed by atoms with Crippen molar-refractivity contribution >= 4 is 11.0 Å². The number of nitrogens with one attached hydrogen (secondary N) is 2. The fourth-order valence-corrected chi connectivity index (χ4v) is 2.41. The number of benzene rings is 2. The van der Waals surface area contributed by atoms with Crippen LogP contribution in [0.4, 0.5) is 0 Å². The number of imidazole rings is 1. The number of hydrogen-bond acceptors (Lipinski definition) is 2. The Morgan fingerprint density at radius 3 is 2.85 bits per heavy atom. The van der Waals surface area contributed by atoms with Crippen LogP contribution in [0.5, 0.6) is 0 Å². The molecule has 1 heterocycles. The monoisotopic (exact) mass is 265 g/mol. The molecule has 0 atom stereocenters. The molecule has 0 aliphatic rings. The first kappa shape index (κ1) is 12.9. The standard InChI is InChI=1S/C17H19N3/c1-12-4-3-5-14(10-12)17-19-15-7-6-13(8-9-18-2)11-16(15)20-17/h3-7,10-11,18H,8-9H2,1-2H3,(H,19,20). The van der Waals surface area contributed by atoms with Crippen molar-refractivity contribution in [3.63, 3.8) is 0 Å². The zero-order chi connectivity index (χ0) is 13.9. The minimum Gasteiger partial charge on any atom is -0.338 e. The number of fused-ring (bicyclic) bond motifs is 1. The molecule has 3 rings (SSSR count). The second-order valence-corrected chi connectivity index (χ2v) is 5.16. The summed E-state index contributed by atoms with van der Waals surface area (Å²) >= 11 is 0. The van der Waals surface area contributed by atoms with Crippen LogP contribution in [-0.2, 0) is 6.42 Å². The Hall–Kier alpha value is -2.13. The third kappa shape index (κ3) is 2.58. The van der Waals surface area contributed by atoms with Crippen molar-refractivity contribution in [1.82, 2.24) is 15.3 Å². The summed E-state index contributed by atoms with van der Waals surface area (Å²) in [5.41, 5.74) is 5.84. The molecule has 0 aliphatic carbocycles. The third-order valence-electron chi connectivity index (χ3n) is 3.50. The van der Waals surface area contributed by atoms with E-state index in [-0.39, 0.29) is 0 Å². The first-order chi connectivity index (χ1) is 9.76. The molecule has 0 bridgehead atoms. The van der Waals surface area contributed by atoms with Crippen LogP contribution in [-0.4, -0.2) is 23.6 Å². The SMILES string of the molecule is CNCCc1ccc2nc(-c3cccc(C)c3)[nH]c2c1. The van der Waals surface area contributed by atoms with Gasteiger partial charge in [0.2, 0.25) is 0 Å². The summed E-state index contributed by atoms with van der Waals surface area (Å²) in [7, 11) is 1.98. The van der Waals surface area contributed by atoms with Gasteiger partial charge >= 0.3 is 0 Å². The van der Waals surface area contributed by atoms with Crippen LogP contribution in [0.15, 0.2) is 42.5 Å². The van der Waals surface area contributed by atoms with Crippen molar-refractivity contribution in [3.05, 3.63) is 53.6 Å². The molecule has 0 saturated heterocycles. The Kier molecular flexibility index (Phi) is 3.52. The van der Waals surface area contributed by atoms with Crippen molar-refractivity contribution in [2.45, 2.75) is 13.3 Å². The molecule has 0 spiro atoms. The van der Waals surface area contributed by atoms with Crippen molar-refractivity contribution in [1.29, 1.82) is 0 Å². The molecule has 1 aromatic heterocycles. The fourth-order valence-electron chi connectivity index (χ4n) is 2.41. The fraction of sp³-hybridized carbons (Fsp3) is 0.235. The number of rotatable bonds is 4. The average molecular weight is 265 g/mol. The Morgan fingerprint density at radius 1 is 1.15 bits per heavy atom. The largest absolute Gasteiger partial charge is 0.338 e. The molecule has 0 aliphatic heterocycles. The molecular weight excluding hydrogens is 246 g/mol. The van der Waals surface area contributed by atoms with Crippen molar-refractivity contribution in [3.8, 4) is 11.4 Å². The maximum atomic E-state index is 4.67. The van der Waals surface area contributed by atoms with E-state index in [1.54, 1.807) is 0 Å². The number of likely N-dealkylation sites (N-methyl/N-ethyl adjacent to an activating group) is 1. The quantitative estimate of drug-likeness (QED) is 0.760. The van der Waals surface area contributed by atoms with Gasteiger partial charge in [0.1, 0.15) is 5.82 Å². The summed E-state index contributed by atoms with van der Waals surface area (Å²) in [6.07, 6.45) is 1.03. The van der Waals surface area contributed by atoms with Gasteiger partial charge in [-0.3, -0.25) is 0 Å². The van der Waals surface area contributed by atoms with Crippen molar-refractivity contribution in [2.75, 3.05) is 13.6 Å². The van der Waals surface area contributed by atoms with E-state index in [0.29, 0.717) is 0 Å². The highest BCUT2D eigenvalue weighted by Crippen LogP contribution is 2.22. The number of aryl methyl sites for hydroxylation is 1. The van der Waals surface area contributed by atoms with E-state index in [1.165, 1.54) is 11.1 Å². The number of hydrogen-bond donors (Lipinski definition) is 2. The lowest BCUT2D eigenvalue weighted by molar-refractivity contribution is 0.792. The van der Waals surface area contributed by atoms with Gasteiger partial charge in [-0.05, 0) is 50.7 Å². The lowest BCUT2D eigenvalue weighted by atomic mass is 10.1. The predicted octanol–water partition coefficient (Wildman–Crippen LogP) is 3.30. The third-order valence-corrected chi connectivity index (χ3v) is 3.50. The minimum atomic E-state index is 0.939. The van der Waals surface area contributed by atoms with E-state index < -0.39 is 0 Å². The minimum absolute atomic E-state index is 0.939.